The first-order valence-electron chi connectivity index (χ1n) is 5.11. The Morgan fingerprint density at radius 2 is 2.16 bits per heavy atom. The average molecular weight is 287 g/mol. The monoisotopic (exact) mass is 286 g/mol. The molecule has 0 aliphatic heterocycles. The summed E-state index contributed by atoms with van der Waals surface area (Å²) in [5, 5.41) is 12.7. The van der Waals surface area contributed by atoms with Gasteiger partial charge in [0.05, 0.1) is 17.0 Å². The van der Waals surface area contributed by atoms with Crippen LogP contribution < -0.4 is 5.32 Å². The highest BCUT2D eigenvalue weighted by atomic mass is 35.5. The predicted molar refractivity (Wildman–Crippen MR) is 66.9 cm³/mol. The van der Waals surface area contributed by atoms with Gasteiger partial charge in [-0.2, -0.15) is 0 Å². The molecule has 0 aliphatic rings. The molecule has 19 heavy (non-hydrogen) atoms. The summed E-state index contributed by atoms with van der Waals surface area (Å²) >= 11 is 5.68. The highest BCUT2D eigenvalue weighted by Crippen LogP contribution is 2.18. The van der Waals surface area contributed by atoms with Gasteiger partial charge in [0.15, 0.2) is 0 Å². The van der Waals surface area contributed by atoms with E-state index in [4.69, 9.17) is 11.6 Å². The van der Waals surface area contributed by atoms with Gasteiger partial charge in [-0.1, -0.05) is 11.6 Å². The average Bonchev–Trinajstić information content (AvgIpc) is 2.35. The molecule has 1 N–H and O–H groups in total. The van der Waals surface area contributed by atoms with Crippen molar-refractivity contribution in [1.82, 2.24) is 15.2 Å². The van der Waals surface area contributed by atoms with Crippen molar-refractivity contribution in [1.29, 1.82) is 0 Å². The fourth-order valence-corrected chi connectivity index (χ4v) is 1.29. The number of carbonyl (C=O) groups excluding carboxylic acids is 2. The van der Waals surface area contributed by atoms with Crippen LogP contribution >= 0.6 is 11.6 Å². The minimum absolute atomic E-state index is 0.151. The molecular formula is C10H11ClN4O4. The first-order chi connectivity index (χ1) is 8.82. The van der Waals surface area contributed by atoms with Crippen molar-refractivity contribution in [2.75, 3.05) is 20.6 Å². The Bertz CT molecular complexity index is 532. The summed E-state index contributed by atoms with van der Waals surface area (Å²) in [5.41, 5.74) is -0.504. The van der Waals surface area contributed by atoms with Crippen LogP contribution in [-0.2, 0) is 4.79 Å². The van der Waals surface area contributed by atoms with Crippen molar-refractivity contribution in [2.45, 2.75) is 0 Å². The third-order valence-electron chi connectivity index (χ3n) is 2.18. The molecule has 0 fully saturated rings. The van der Waals surface area contributed by atoms with Gasteiger partial charge in [0.25, 0.3) is 11.6 Å². The van der Waals surface area contributed by atoms with Gasteiger partial charge in [-0.3, -0.25) is 19.7 Å². The molecule has 0 bridgehead atoms. The number of rotatable bonds is 4. The number of amides is 2. The van der Waals surface area contributed by atoms with E-state index in [1.165, 1.54) is 19.0 Å². The molecule has 0 saturated heterocycles. The number of nitro groups is 1. The Kier molecular flexibility index (Phi) is 4.76. The molecule has 0 spiro atoms. The molecule has 102 valence electrons. The Hall–Kier alpha value is -2.22. The SMILES string of the molecule is CN(C)C(=O)CNC(=O)c1cc([N+](=O)[O-])cnc1Cl. The van der Waals surface area contributed by atoms with Crippen molar-refractivity contribution in [2.24, 2.45) is 0 Å². The Balaban J connectivity index is 2.84. The Morgan fingerprint density at radius 1 is 1.53 bits per heavy atom. The lowest BCUT2D eigenvalue weighted by molar-refractivity contribution is -0.385. The summed E-state index contributed by atoms with van der Waals surface area (Å²) < 4.78 is 0. The molecule has 0 aliphatic carbocycles. The van der Waals surface area contributed by atoms with E-state index in [2.05, 4.69) is 10.3 Å². The van der Waals surface area contributed by atoms with Crippen LogP contribution in [0.3, 0.4) is 0 Å². The first kappa shape index (κ1) is 14.8. The number of nitrogens with zero attached hydrogens (tertiary/aromatic N) is 3. The zero-order valence-electron chi connectivity index (χ0n) is 10.2. The van der Waals surface area contributed by atoms with Gasteiger partial charge in [-0.25, -0.2) is 4.98 Å². The molecule has 1 rings (SSSR count). The molecular weight excluding hydrogens is 276 g/mol. The van der Waals surface area contributed by atoms with Gasteiger partial charge in [0.1, 0.15) is 11.3 Å². The van der Waals surface area contributed by atoms with Gasteiger partial charge in [-0.05, 0) is 0 Å². The highest BCUT2D eigenvalue weighted by molar-refractivity contribution is 6.32. The number of likely N-dealkylation sites (N-methyl/N-ethyl adjacent to an activating group) is 1. The molecule has 8 nitrogen and oxygen atoms in total. The van der Waals surface area contributed by atoms with Crippen LogP contribution in [0.2, 0.25) is 5.15 Å². The number of halogens is 1. The fourth-order valence-electron chi connectivity index (χ4n) is 1.11. The second kappa shape index (κ2) is 6.10. The lowest BCUT2D eigenvalue weighted by Crippen LogP contribution is -2.36. The standard InChI is InChI=1S/C10H11ClN4O4/c1-14(2)8(16)5-13-10(17)7-3-6(15(18)19)4-12-9(7)11/h3-4H,5H2,1-2H3,(H,13,17). The normalized spacial score (nSPS) is 9.84. The maximum Gasteiger partial charge on any atom is 0.288 e. The number of pyridine rings is 1. The molecule has 0 saturated carbocycles. The van der Waals surface area contributed by atoms with E-state index in [0.717, 1.165) is 12.3 Å². The van der Waals surface area contributed by atoms with Crippen molar-refractivity contribution >= 4 is 29.1 Å². The zero-order chi connectivity index (χ0) is 14.6. The van der Waals surface area contributed by atoms with E-state index >= 15 is 0 Å². The largest absolute Gasteiger partial charge is 0.347 e. The summed E-state index contributed by atoms with van der Waals surface area (Å²) in [6.07, 6.45) is 0.948. The maximum absolute atomic E-state index is 11.7. The van der Waals surface area contributed by atoms with E-state index in [1.54, 1.807) is 0 Å². The number of aromatic nitrogens is 1. The van der Waals surface area contributed by atoms with Crippen LogP contribution in [0.4, 0.5) is 5.69 Å². The minimum atomic E-state index is -0.698. The number of carbonyl (C=O) groups is 2. The summed E-state index contributed by atoms with van der Waals surface area (Å²) in [6.45, 7) is -0.231. The molecule has 2 amide bonds. The predicted octanol–water partition coefficient (Wildman–Crippen LogP) is 0.461. The van der Waals surface area contributed by atoms with Crippen LogP contribution in [0, 0.1) is 10.1 Å². The van der Waals surface area contributed by atoms with E-state index in [1.807, 2.05) is 0 Å². The lowest BCUT2D eigenvalue weighted by atomic mass is 10.2. The third-order valence-corrected chi connectivity index (χ3v) is 2.48. The molecule has 1 aromatic rings. The van der Waals surface area contributed by atoms with Crippen molar-refractivity contribution in [3.63, 3.8) is 0 Å². The molecule has 0 aromatic carbocycles. The summed E-state index contributed by atoms with van der Waals surface area (Å²) in [4.78, 5) is 37.8. The fraction of sp³-hybridized carbons (Fsp3) is 0.300. The Morgan fingerprint density at radius 3 is 2.68 bits per heavy atom. The van der Waals surface area contributed by atoms with Gasteiger partial charge < -0.3 is 10.2 Å². The Labute approximate surface area is 113 Å². The van der Waals surface area contributed by atoms with E-state index in [9.17, 15) is 19.7 Å². The zero-order valence-corrected chi connectivity index (χ0v) is 11.0. The van der Waals surface area contributed by atoms with Gasteiger partial charge in [-0.15, -0.1) is 0 Å². The van der Waals surface area contributed by atoms with Gasteiger partial charge >= 0.3 is 0 Å². The third kappa shape index (κ3) is 3.88. The van der Waals surface area contributed by atoms with Gasteiger partial charge in [0, 0.05) is 20.2 Å². The quantitative estimate of drug-likeness (QED) is 0.492. The summed E-state index contributed by atoms with van der Waals surface area (Å²) in [5.74, 6) is -1.01. The van der Waals surface area contributed by atoms with Crippen molar-refractivity contribution in [3.05, 3.63) is 33.1 Å². The number of nitrogens with one attached hydrogen (secondary N) is 1. The second-order valence-corrected chi connectivity index (χ2v) is 4.12. The number of hydrogen-bond donors (Lipinski definition) is 1. The van der Waals surface area contributed by atoms with Crippen molar-refractivity contribution < 1.29 is 14.5 Å². The topological polar surface area (TPSA) is 105 Å². The molecule has 1 heterocycles. The van der Waals surface area contributed by atoms with Crippen LogP contribution in [0.1, 0.15) is 10.4 Å². The van der Waals surface area contributed by atoms with Crippen LogP contribution in [0.15, 0.2) is 12.3 Å². The van der Waals surface area contributed by atoms with Crippen LogP contribution in [0.5, 0.6) is 0 Å². The molecule has 0 radical (unpaired) electrons. The molecule has 0 unspecified atom stereocenters. The summed E-state index contributed by atoms with van der Waals surface area (Å²) in [7, 11) is 3.08. The van der Waals surface area contributed by atoms with Crippen LogP contribution in [0.25, 0.3) is 0 Å². The van der Waals surface area contributed by atoms with E-state index < -0.39 is 10.8 Å². The molecule has 0 atom stereocenters. The summed E-state index contributed by atoms with van der Waals surface area (Å²) in [6, 6.07) is 1.00. The van der Waals surface area contributed by atoms with Gasteiger partial charge in [0.2, 0.25) is 5.91 Å². The smallest absolute Gasteiger partial charge is 0.288 e. The second-order valence-electron chi connectivity index (χ2n) is 3.76. The lowest BCUT2D eigenvalue weighted by Gasteiger charge is -2.11. The minimum Gasteiger partial charge on any atom is -0.347 e. The molecule has 9 heteroatoms. The highest BCUT2D eigenvalue weighted by Gasteiger charge is 2.17. The molecule has 1 aromatic heterocycles. The van der Waals surface area contributed by atoms with Crippen LogP contribution in [-0.4, -0.2) is 47.3 Å². The maximum atomic E-state index is 11.7. The first-order valence-corrected chi connectivity index (χ1v) is 5.49. The van der Waals surface area contributed by atoms with Crippen molar-refractivity contribution in [3.8, 4) is 0 Å². The number of hydrogen-bond acceptors (Lipinski definition) is 5. The van der Waals surface area contributed by atoms with E-state index in [0.29, 0.717) is 0 Å². The van der Waals surface area contributed by atoms with E-state index in [-0.39, 0.29) is 28.9 Å².